The van der Waals surface area contributed by atoms with Crippen molar-refractivity contribution in [3.63, 3.8) is 0 Å². The van der Waals surface area contributed by atoms with Gasteiger partial charge in [0.25, 0.3) is 0 Å². The first-order chi connectivity index (χ1) is 7.20. The van der Waals surface area contributed by atoms with Crippen LogP contribution in [0.4, 0.5) is 0 Å². The van der Waals surface area contributed by atoms with E-state index < -0.39 is 0 Å². The molecule has 0 amide bonds. The molecule has 0 aliphatic rings. The van der Waals surface area contributed by atoms with Crippen LogP contribution in [0.2, 0.25) is 0 Å². The van der Waals surface area contributed by atoms with Crippen LogP contribution in [-0.4, -0.2) is 11.3 Å². The third-order valence-electron chi connectivity index (χ3n) is 2.29. The van der Waals surface area contributed by atoms with Crippen molar-refractivity contribution in [1.82, 2.24) is 4.98 Å². The first-order valence-corrected chi connectivity index (χ1v) is 5.02. The number of aromatic nitrogens is 1. The Hall–Kier alpha value is -1.64. The normalized spacial score (nSPS) is 11.1. The summed E-state index contributed by atoms with van der Waals surface area (Å²) in [5, 5.41) is 0.789. The van der Waals surface area contributed by atoms with Gasteiger partial charge in [0.2, 0.25) is 0 Å². The average molecular weight is 203 g/mol. The summed E-state index contributed by atoms with van der Waals surface area (Å²) in [5.74, 6) is 0.565. The first kappa shape index (κ1) is 9.90. The number of rotatable bonds is 3. The van der Waals surface area contributed by atoms with Gasteiger partial charge in [0.05, 0.1) is 5.56 Å². The summed E-state index contributed by atoms with van der Waals surface area (Å²) < 4.78 is 5.29. The molecule has 0 aliphatic carbocycles. The number of carbonyl (C=O) groups excluding carboxylic acids is 1. The Morgan fingerprint density at radius 2 is 2.33 bits per heavy atom. The summed E-state index contributed by atoms with van der Waals surface area (Å²) in [5.41, 5.74) is 2.31. The summed E-state index contributed by atoms with van der Waals surface area (Å²) in [4.78, 5) is 15.0. The van der Waals surface area contributed by atoms with Gasteiger partial charge in [0.15, 0.2) is 6.29 Å². The lowest BCUT2D eigenvalue weighted by Gasteiger charge is -2.02. The second kappa shape index (κ2) is 3.85. The monoisotopic (exact) mass is 203 g/mol. The quantitative estimate of drug-likeness (QED) is 0.720. The van der Waals surface area contributed by atoms with E-state index in [9.17, 15) is 4.79 Å². The van der Waals surface area contributed by atoms with Crippen LogP contribution < -0.4 is 0 Å². The molecule has 0 radical (unpaired) electrons. The number of furan rings is 1. The molecule has 2 rings (SSSR count). The predicted octanol–water partition coefficient (Wildman–Crippen LogP) is 2.84. The second-order valence-electron chi connectivity index (χ2n) is 4.08. The number of hydrogen-bond acceptors (Lipinski definition) is 3. The minimum atomic E-state index is 0.564. The van der Waals surface area contributed by atoms with Gasteiger partial charge in [-0.25, -0.2) is 0 Å². The summed E-state index contributed by atoms with van der Waals surface area (Å²) in [6.07, 6.45) is 4.89. The summed E-state index contributed by atoms with van der Waals surface area (Å²) in [6.45, 7) is 4.29. The molecule has 0 unspecified atom stereocenters. The molecule has 2 heterocycles. The zero-order valence-corrected chi connectivity index (χ0v) is 8.86. The van der Waals surface area contributed by atoms with Gasteiger partial charge < -0.3 is 4.42 Å². The third-order valence-corrected chi connectivity index (χ3v) is 2.29. The maximum atomic E-state index is 10.7. The fourth-order valence-corrected chi connectivity index (χ4v) is 1.60. The fraction of sp³-hybridized carbons (Fsp3) is 0.333. The van der Waals surface area contributed by atoms with Gasteiger partial charge in [-0.05, 0) is 12.3 Å². The lowest BCUT2D eigenvalue weighted by molar-refractivity contribution is 0.112. The van der Waals surface area contributed by atoms with E-state index in [1.807, 2.05) is 6.07 Å². The Morgan fingerprint density at radius 1 is 1.53 bits per heavy atom. The minimum absolute atomic E-state index is 0.564. The highest BCUT2D eigenvalue weighted by Gasteiger charge is 2.07. The lowest BCUT2D eigenvalue weighted by atomic mass is 10.1. The Bertz CT molecular complexity index is 485. The van der Waals surface area contributed by atoms with Crippen LogP contribution in [-0.2, 0) is 6.42 Å². The molecule has 0 bridgehead atoms. The van der Waals surface area contributed by atoms with Crippen LogP contribution in [0.25, 0.3) is 11.0 Å². The van der Waals surface area contributed by atoms with Gasteiger partial charge in [-0.3, -0.25) is 9.78 Å². The van der Waals surface area contributed by atoms with E-state index >= 15 is 0 Å². The van der Waals surface area contributed by atoms with Gasteiger partial charge in [-0.2, -0.15) is 0 Å². The zero-order chi connectivity index (χ0) is 10.8. The summed E-state index contributed by atoms with van der Waals surface area (Å²) in [7, 11) is 0. The van der Waals surface area contributed by atoms with Crippen molar-refractivity contribution in [2.24, 2.45) is 5.92 Å². The Kier molecular flexibility index (Phi) is 2.54. The van der Waals surface area contributed by atoms with Crippen molar-refractivity contribution >= 4 is 17.3 Å². The average Bonchev–Trinajstić information content (AvgIpc) is 2.58. The molecule has 0 atom stereocenters. The molecule has 78 valence electrons. The van der Waals surface area contributed by atoms with Crippen LogP contribution in [0.1, 0.15) is 29.9 Å². The predicted molar refractivity (Wildman–Crippen MR) is 57.9 cm³/mol. The highest BCUT2D eigenvalue weighted by atomic mass is 16.3. The van der Waals surface area contributed by atoms with E-state index in [-0.39, 0.29) is 0 Å². The molecule has 0 spiro atoms. The maximum Gasteiger partial charge on any atom is 0.153 e. The SMILES string of the molecule is CC(C)Cc1cc2occ(C=O)c2cn1. The third kappa shape index (κ3) is 1.91. The van der Waals surface area contributed by atoms with Gasteiger partial charge in [0, 0.05) is 23.3 Å². The first-order valence-electron chi connectivity index (χ1n) is 5.02. The topological polar surface area (TPSA) is 43.1 Å². The molecule has 0 fully saturated rings. The number of hydrogen-bond donors (Lipinski definition) is 0. The van der Waals surface area contributed by atoms with Crippen molar-refractivity contribution in [1.29, 1.82) is 0 Å². The van der Waals surface area contributed by atoms with E-state index in [1.54, 1.807) is 6.20 Å². The molecule has 0 saturated carbocycles. The van der Waals surface area contributed by atoms with Crippen LogP contribution in [0.15, 0.2) is 22.9 Å². The van der Waals surface area contributed by atoms with E-state index in [2.05, 4.69) is 18.8 Å². The highest BCUT2D eigenvalue weighted by molar-refractivity contribution is 5.95. The molecule has 2 aromatic heterocycles. The van der Waals surface area contributed by atoms with Crippen LogP contribution >= 0.6 is 0 Å². The molecular formula is C12H13NO2. The maximum absolute atomic E-state index is 10.7. The molecule has 0 aliphatic heterocycles. The van der Waals surface area contributed by atoms with Gasteiger partial charge in [0.1, 0.15) is 11.8 Å². The van der Waals surface area contributed by atoms with Gasteiger partial charge in [-0.1, -0.05) is 13.8 Å². The Morgan fingerprint density at radius 3 is 3.00 bits per heavy atom. The number of carbonyl (C=O) groups is 1. The number of pyridine rings is 1. The second-order valence-corrected chi connectivity index (χ2v) is 4.08. The number of fused-ring (bicyclic) bond motifs is 1. The van der Waals surface area contributed by atoms with Gasteiger partial charge in [-0.15, -0.1) is 0 Å². The van der Waals surface area contributed by atoms with Crippen LogP contribution in [0, 0.1) is 5.92 Å². The smallest absolute Gasteiger partial charge is 0.153 e. The van der Waals surface area contributed by atoms with Crippen LogP contribution in [0.5, 0.6) is 0 Å². The number of aldehydes is 1. The minimum Gasteiger partial charge on any atom is -0.463 e. The molecule has 0 saturated heterocycles. The van der Waals surface area contributed by atoms with E-state index in [4.69, 9.17) is 4.42 Å². The van der Waals surface area contributed by atoms with E-state index in [1.165, 1.54) is 6.26 Å². The Balaban J connectivity index is 2.44. The van der Waals surface area contributed by atoms with Crippen molar-refractivity contribution in [2.75, 3.05) is 0 Å². The fourth-order valence-electron chi connectivity index (χ4n) is 1.60. The highest BCUT2D eigenvalue weighted by Crippen LogP contribution is 2.20. The Labute approximate surface area is 88.1 Å². The van der Waals surface area contributed by atoms with Crippen LogP contribution in [0.3, 0.4) is 0 Å². The van der Waals surface area contributed by atoms with Gasteiger partial charge >= 0.3 is 0 Å². The zero-order valence-electron chi connectivity index (χ0n) is 8.86. The summed E-state index contributed by atoms with van der Waals surface area (Å²) >= 11 is 0. The standard InChI is InChI=1S/C12H13NO2/c1-8(2)3-10-4-12-11(5-13-10)9(6-14)7-15-12/h4-8H,3H2,1-2H3. The van der Waals surface area contributed by atoms with Crippen molar-refractivity contribution in [3.05, 3.63) is 29.8 Å². The number of nitrogens with zero attached hydrogens (tertiary/aromatic N) is 1. The molecule has 3 nitrogen and oxygen atoms in total. The van der Waals surface area contributed by atoms with Crippen molar-refractivity contribution in [2.45, 2.75) is 20.3 Å². The van der Waals surface area contributed by atoms with Crippen molar-refractivity contribution in [3.8, 4) is 0 Å². The van der Waals surface area contributed by atoms with E-state index in [0.717, 1.165) is 29.4 Å². The van der Waals surface area contributed by atoms with Crippen molar-refractivity contribution < 1.29 is 9.21 Å². The molecule has 0 aromatic carbocycles. The molecule has 3 heteroatoms. The summed E-state index contributed by atoms with van der Waals surface area (Å²) in [6, 6.07) is 1.91. The molecule has 0 N–H and O–H groups in total. The molecule has 15 heavy (non-hydrogen) atoms. The molecular weight excluding hydrogens is 190 g/mol. The largest absolute Gasteiger partial charge is 0.463 e. The van der Waals surface area contributed by atoms with E-state index in [0.29, 0.717) is 11.5 Å². The molecule has 2 aromatic rings. The lowest BCUT2D eigenvalue weighted by Crippen LogP contribution is -1.96.